The number of likely N-dealkylation sites (N-methyl/N-ethyl adjacent to an activating group) is 1. The molecule has 1 N–H and O–H groups in total. The van der Waals surface area contributed by atoms with Gasteiger partial charge in [0.1, 0.15) is 5.82 Å². The van der Waals surface area contributed by atoms with Gasteiger partial charge >= 0.3 is 0 Å². The second kappa shape index (κ2) is 6.87. The Morgan fingerprint density at radius 3 is 2.65 bits per heavy atom. The van der Waals surface area contributed by atoms with E-state index in [0.717, 1.165) is 34.7 Å². The minimum atomic E-state index is -0.195. The Labute approximate surface area is 124 Å². The zero-order valence-corrected chi connectivity index (χ0v) is 12.5. The Hall–Kier alpha value is -1.38. The Balaban J connectivity index is 2.24. The normalized spacial score (nSPS) is 12.4. The smallest absolute Gasteiger partial charge is 0.123 e. The molecular weight excluding hydrogens is 273 g/mol. The van der Waals surface area contributed by atoms with Crippen LogP contribution in [0.3, 0.4) is 0 Å². The van der Waals surface area contributed by atoms with Crippen LogP contribution in [0.25, 0.3) is 0 Å². The quantitative estimate of drug-likeness (QED) is 0.843. The van der Waals surface area contributed by atoms with Crippen molar-refractivity contribution >= 4 is 11.6 Å². The van der Waals surface area contributed by atoms with Crippen molar-refractivity contribution < 1.29 is 4.39 Å². The summed E-state index contributed by atoms with van der Waals surface area (Å²) >= 11 is 6.20. The minimum absolute atomic E-state index is 0.139. The van der Waals surface area contributed by atoms with Gasteiger partial charge in [-0.2, -0.15) is 0 Å². The maximum Gasteiger partial charge on any atom is 0.123 e. The van der Waals surface area contributed by atoms with Gasteiger partial charge in [-0.05, 0) is 54.8 Å². The average Bonchev–Trinajstić information content (AvgIpc) is 2.41. The zero-order valence-electron chi connectivity index (χ0n) is 11.8. The Bertz CT molecular complexity index is 583. The monoisotopic (exact) mass is 291 g/mol. The first-order chi connectivity index (χ1) is 9.60. The van der Waals surface area contributed by atoms with E-state index in [0.29, 0.717) is 0 Å². The van der Waals surface area contributed by atoms with Crippen LogP contribution in [0.1, 0.15) is 29.7 Å². The van der Waals surface area contributed by atoms with Gasteiger partial charge in [-0.25, -0.2) is 4.39 Å². The fourth-order valence-electron chi connectivity index (χ4n) is 2.28. The topological polar surface area (TPSA) is 12.0 Å². The highest BCUT2D eigenvalue weighted by atomic mass is 35.5. The third-order valence-electron chi connectivity index (χ3n) is 3.38. The molecule has 0 aliphatic rings. The van der Waals surface area contributed by atoms with Crippen LogP contribution >= 0.6 is 11.6 Å². The fraction of sp³-hybridized carbons (Fsp3) is 0.294. The van der Waals surface area contributed by atoms with Gasteiger partial charge in [0.25, 0.3) is 0 Å². The average molecular weight is 292 g/mol. The molecule has 0 aromatic heterocycles. The molecule has 0 fully saturated rings. The van der Waals surface area contributed by atoms with Crippen molar-refractivity contribution in [2.75, 3.05) is 6.54 Å². The van der Waals surface area contributed by atoms with Crippen LogP contribution in [0.2, 0.25) is 5.02 Å². The van der Waals surface area contributed by atoms with Crippen molar-refractivity contribution in [3.63, 3.8) is 0 Å². The van der Waals surface area contributed by atoms with Crippen molar-refractivity contribution in [3.05, 3.63) is 70.0 Å². The molecule has 0 radical (unpaired) electrons. The van der Waals surface area contributed by atoms with Crippen LogP contribution in [0.5, 0.6) is 0 Å². The van der Waals surface area contributed by atoms with E-state index in [2.05, 4.69) is 18.3 Å². The summed E-state index contributed by atoms with van der Waals surface area (Å²) in [4.78, 5) is 0. The molecule has 1 nitrogen and oxygen atoms in total. The summed E-state index contributed by atoms with van der Waals surface area (Å²) in [6.07, 6.45) is 0.741. The van der Waals surface area contributed by atoms with Gasteiger partial charge in [-0.1, -0.05) is 42.8 Å². The zero-order chi connectivity index (χ0) is 14.5. The van der Waals surface area contributed by atoms with Crippen LogP contribution in [0.4, 0.5) is 4.39 Å². The summed E-state index contributed by atoms with van der Waals surface area (Å²) in [5.41, 5.74) is 3.18. The standard InChI is InChI=1S/C17H19ClFN/c1-3-20-17(10-13-5-4-6-15(19)9-13)14-8-7-12(2)16(18)11-14/h4-9,11,17,20H,3,10H2,1-2H3. The molecule has 0 spiro atoms. The van der Waals surface area contributed by atoms with E-state index in [9.17, 15) is 4.39 Å². The number of benzene rings is 2. The SMILES string of the molecule is CCNC(Cc1cccc(F)c1)c1ccc(C)c(Cl)c1. The second-order valence-corrected chi connectivity index (χ2v) is 5.36. The van der Waals surface area contributed by atoms with Crippen molar-refractivity contribution in [2.45, 2.75) is 26.3 Å². The first-order valence-electron chi connectivity index (χ1n) is 6.84. The predicted molar refractivity (Wildman–Crippen MR) is 82.7 cm³/mol. The summed E-state index contributed by atoms with van der Waals surface area (Å²) in [5.74, 6) is -0.195. The molecule has 0 aliphatic heterocycles. The van der Waals surface area contributed by atoms with Gasteiger partial charge in [0.05, 0.1) is 0 Å². The number of rotatable bonds is 5. The highest BCUT2D eigenvalue weighted by Gasteiger charge is 2.12. The van der Waals surface area contributed by atoms with Crippen LogP contribution in [-0.2, 0) is 6.42 Å². The fourth-order valence-corrected chi connectivity index (χ4v) is 2.47. The van der Waals surface area contributed by atoms with E-state index < -0.39 is 0 Å². The lowest BCUT2D eigenvalue weighted by molar-refractivity contribution is 0.546. The molecule has 0 bridgehead atoms. The van der Waals surface area contributed by atoms with Gasteiger partial charge in [-0.3, -0.25) is 0 Å². The maximum absolute atomic E-state index is 13.3. The molecule has 20 heavy (non-hydrogen) atoms. The lowest BCUT2D eigenvalue weighted by atomic mass is 9.98. The van der Waals surface area contributed by atoms with Crippen molar-refractivity contribution in [3.8, 4) is 0 Å². The Kier molecular flexibility index (Phi) is 5.16. The lowest BCUT2D eigenvalue weighted by Gasteiger charge is -2.19. The molecule has 0 saturated heterocycles. The highest BCUT2D eigenvalue weighted by Crippen LogP contribution is 2.24. The van der Waals surface area contributed by atoms with Gasteiger partial charge in [0, 0.05) is 11.1 Å². The molecule has 2 aromatic rings. The number of hydrogen-bond donors (Lipinski definition) is 1. The van der Waals surface area contributed by atoms with Gasteiger partial charge in [0.2, 0.25) is 0 Å². The summed E-state index contributed by atoms with van der Waals surface area (Å²) < 4.78 is 13.3. The van der Waals surface area contributed by atoms with E-state index >= 15 is 0 Å². The molecule has 106 valence electrons. The summed E-state index contributed by atoms with van der Waals surface area (Å²) in [7, 11) is 0. The molecule has 0 aliphatic carbocycles. The molecule has 1 unspecified atom stereocenters. The van der Waals surface area contributed by atoms with Crippen LogP contribution in [0.15, 0.2) is 42.5 Å². The van der Waals surface area contributed by atoms with Crippen molar-refractivity contribution in [1.29, 1.82) is 0 Å². The third kappa shape index (κ3) is 3.81. The van der Waals surface area contributed by atoms with Gasteiger partial charge in [0.15, 0.2) is 0 Å². The van der Waals surface area contributed by atoms with Crippen LogP contribution in [-0.4, -0.2) is 6.54 Å². The number of aryl methyl sites for hydroxylation is 1. The molecule has 0 heterocycles. The van der Waals surface area contributed by atoms with Gasteiger partial charge in [-0.15, -0.1) is 0 Å². The summed E-state index contributed by atoms with van der Waals surface area (Å²) in [6, 6.07) is 13.0. The number of nitrogens with one attached hydrogen (secondary N) is 1. The summed E-state index contributed by atoms with van der Waals surface area (Å²) in [6.45, 7) is 4.90. The van der Waals surface area contributed by atoms with Crippen molar-refractivity contribution in [1.82, 2.24) is 5.32 Å². The van der Waals surface area contributed by atoms with E-state index in [1.54, 1.807) is 12.1 Å². The third-order valence-corrected chi connectivity index (χ3v) is 3.78. The van der Waals surface area contributed by atoms with E-state index in [-0.39, 0.29) is 11.9 Å². The maximum atomic E-state index is 13.3. The molecule has 1 atom stereocenters. The van der Waals surface area contributed by atoms with E-state index in [1.807, 2.05) is 25.1 Å². The second-order valence-electron chi connectivity index (χ2n) is 4.95. The Morgan fingerprint density at radius 1 is 1.20 bits per heavy atom. The largest absolute Gasteiger partial charge is 0.310 e. The highest BCUT2D eigenvalue weighted by molar-refractivity contribution is 6.31. The summed E-state index contributed by atoms with van der Waals surface area (Å²) in [5, 5.41) is 4.20. The van der Waals surface area contributed by atoms with E-state index in [1.165, 1.54) is 6.07 Å². The number of hydrogen-bond acceptors (Lipinski definition) is 1. The lowest BCUT2D eigenvalue weighted by Crippen LogP contribution is -2.23. The first kappa shape index (κ1) is 15.0. The molecule has 3 heteroatoms. The van der Waals surface area contributed by atoms with Crippen molar-refractivity contribution in [2.24, 2.45) is 0 Å². The van der Waals surface area contributed by atoms with Crippen LogP contribution < -0.4 is 5.32 Å². The molecular formula is C17H19ClFN. The molecule has 2 rings (SSSR count). The van der Waals surface area contributed by atoms with Crippen LogP contribution in [0, 0.1) is 12.7 Å². The van der Waals surface area contributed by atoms with E-state index in [4.69, 9.17) is 11.6 Å². The number of halogens is 2. The minimum Gasteiger partial charge on any atom is -0.310 e. The predicted octanol–water partition coefficient (Wildman–Crippen LogP) is 4.68. The first-order valence-corrected chi connectivity index (χ1v) is 7.22. The molecule has 2 aromatic carbocycles. The van der Waals surface area contributed by atoms with Gasteiger partial charge < -0.3 is 5.32 Å². The molecule has 0 amide bonds. The molecule has 0 saturated carbocycles. The Morgan fingerprint density at radius 2 is 2.00 bits per heavy atom.